The maximum atomic E-state index is 11.9. The molecule has 1 aromatic carbocycles. The minimum absolute atomic E-state index is 0.109. The lowest BCUT2D eigenvalue weighted by Gasteiger charge is -2.11. The third kappa shape index (κ3) is 3.48. The lowest BCUT2D eigenvalue weighted by Crippen LogP contribution is -2.19. The molecule has 1 heterocycles. The molecule has 0 atom stereocenters. The summed E-state index contributed by atoms with van der Waals surface area (Å²) in [6.45, 7) is 2.55. The first-order chi connectivity index (χ1) is 9.19. The lowest BCUT2D eigenvalue weighted by atomic mass is 10.3. The fourth-order valence-electron chi connectivity index (χ4n) is 1.65. The summed E-state index contributed by atoms with van der Waals surface area (Å²) in [5, 5.41) is 6.74. The molecule has 0 saturated carbocycles. The third-order valence-electron chi connectivity index (χ3n) is 2.43. The van der Waals surface area contributed by atoms with E-state index < -0.39 is 0 Å². The smallest absolute Gasteiger partial charge is 0.246 e. The van der Waals surface area contributed by atoms with Crippen molar-refractivity contribution in [1.82, 2.24) is 9.78 Å². The predicted molar refractivity (Wildman–Crippen MR) is 72.9 cm³/mol. The quantitative estimate of drug-likeness (QED) is 0.853. The van der Waals surface area contributed by atoms with Crippen LogP contribution in [0.1, 0.15) is 6.92 Å². The Morgan fingerprint density at radius 3 is 2.89 bits per heavy atom. The van der Waals surface area contributed by atoms with Crippen LogP contribution in [0.25, 0.3) is 0 Å². The second kappa shape index (κ2) is 5.90. The zero-order chi connectivity index (χ0) is 13.7. The molecule has 1 aromatic heterocycles. The number of nitrogens with one attached hydrogen (secondary N) is 1. The Kier molecular flexibility index (Phi) is 4.02. The molecule has 0 aliphatic heterocycles. The van der Waals surface area contributed by atoms with Crippen molar-refractivity contribution >= 4 is 17.4 Å². The highest BCUT2D eigenvalue weighted by Gasteiger charge is 2.08. The molecule has 0 aliphatic rings. The van der Waals surface area contributed by atoms with Crippen molar-refractivity contribution in [1.29, 1.82) is 0 Å². The van der Waals surface area contributed by atoms with E-state index in [0.717, 1.165) is 0 Å². The molecule has 0 unspecified atom stereocenters. The summed E-state index contributed by atoms with van der Waals surface area (Å²) in [5.41, 5.74) is 6.13. The molecular weight excluding hydrogens is 244 g/mol. The number of carbonyl (C=O) groups excluding carboxylic acids is 1. The van der Waals surface area contributed by atoms with Gasteiger partial charge in [-0.25, -0.2) is 0 Å². The molecule has 0 fully saturated rings. The summed E-state index contributed by atoms with van der Waals surface area (Å²) in [4.78, 5) is 11.9. The van der Waals surface area contributed by atoms with E-state index in [-0.39, 0.29) is 12.5 Å². The fourth-order valence-corrected chi connectivity index (χ4v) is 1.65. The van der Waals surface area contributed by atoms with Crippen molar-refractivity contribution in [3.63, 3.8) is 0 Å². The number of nitrogens with zero attached hydrogens (tertiary/aromatic N) is 2. The number of aromatic nitrogens is 2. The van der Waals surface area contributed by atoms with Gasteiger partial charge in [0, 0.05) is 6.20 Å². The first-order valence-corrected chi connectivity index (χ1v) is 5.99. The van der Waals surface area contributed by atoms with E-state index in [2.05, 4.69) is 10.4 Å². The normalized spacial score (nSPS) is 10.2. The Hall–Kier alpha value is -2.50. The van der Waals surface area contributed by atoms with Gasteiger partial charge >= 0.3 is 0 Å². The summed E-state index contributed by atoms with van der Waals surface area (Å²) in [6, 6.07) is 8.94. The van der Waals surface area contributed by atoms with E-state index in [1.807, 2.05) is 25.1 Å². The third-order valence-corrected chi connectivity index (χ3v) is 2.43. The molecule has 0 spiro atoms. The number of nitrogens with two attached hydrogens (primary N) is 1. The van der Waals surface area contributed by atoms with Gasteiger partial charge < -0.3 is 15.8 Å². The van der Waals surface area contributed by atoms with Crippen LogP contribution < -0.4 is 15.8 Å². The van der Waals surface area contributed by atoms with Crippen LogP contribution >= 0.6 is 0 Å². The maximum absolute atomic E-state index is 11.9. The minimum Gasteiger partial charge on any atom is -0.492 e. The number of benzene rings is 1. The Morgan fingerprint density at radius 1 is 1.42 bits per heavy atom. The van der Waals surface area contributed by atoms with Gasteiger partial charge in [0.25, 0.3) is 0 Å². The number of anilines is 2. The standard InChI is InChI=1S/C13H16N4O2/c1-2-19-11-6-4-3-5-10(11)15-13(18)9-17-8-7-12(14)16-17/h3-8H,2,9H2,1H3,(H2,14,16)(H,15,18). The SMILES string of the molecule is CCOc1ccccc1NC(=O)Cn1ccc(N)n1. The Morgan fingerprint density at radius 2 is 2.21 bits per heavy atom. The Balaban J connectivity index is 2.02. The van der Waals surface area contributed by atoms with Gasteiger partial charge in [-0.15, -0.1) is 0 Å². The molecule has 0 saturated heterocycles. The van der Waals surface area contributed by atoms with Gasteiger partial charge in [-0.05, 0) is 25.1 Å². The number of hydrogen-bond acceptors (Lipinski definition) is 4. The number of carbonyl (C=O) groups is 1. The van der Waals surface area contributed by atoms with Crippen molar-refractivity contribution in [2.45, 2.75) is 13.5 Å². The van der Waals surface area contributed by atoms with Gasteiger partial charge in [-0.1, -0.05) is 12.1 Å². The van der Waals surface area contributed by atoms with Crippen LogP contribution in [0.2, 0.25) is 0 Å². The van der Waals surface area contributed by atoms with Crippen LogP contribution in [0, 0.1) is 0 Å². The van der Waals surface area contributed by atoms with Crippen molar-refractivity contribution in [2.75, 3.05) is 17.7 Å². The predicted octanol–water partition coefficient (Wildman–Crippen LogP) is 1.50. The monoisotopic (exact) mass is 260 g/mol. The summed E-state index contributed by atoms with van der Waals surface area (Å²) < 4.78 is 6.92. The van der Waals surface area contributed by atoms with E-state index in [9.17, 15) is 4.79 Å². The number of hydrogen-bond donors (Lipinski definition) is 2. The summed E-state index contributed by atoms with van der Waals surface area (Å²) in [6.07, 6.45) is 1.66. The van der Waals surface area contributed by atoms with Crippen molar-refractivity contribution in [3.05, 3.63) is 36.5 Å². The Bertz CT molecular complexity index is 565. The first kappa shape index (κ1) is 12.9. The van der Waals surface area contributed by atoms with Crippen LogP contribution in [-0.4, -0.2) is 22.3 Å². The average molecular weight is 260 g/mol. The zero-order valence-corrected chi connectivity index (χ0v) is 10.7. The number of para-hydroxylation sites is 2. The molecule has 2 rings (SSSR count). The molecule has 0 aliphatic carbocycles. The van der Waals surface area contributed by atoms with Crippen LogP contribution in [-0.2, 0) is 11.3 Å². The molecule has 100 valence electrons. The van der Waals surface area contributed by atoms with Crippen molar-refractivity contribution in [2.24, 2.45) is 0 Å². The fraction of sp³-hybridized carbons (Fsp3) is 0.231. The number of amides is 1. The van der Waals surface area contributed by atoms with Crippen molar-refractivity contribution < 1.29 is 9.53 Å². The molecule has 6 heteroatoms. The van der Waals surface area contributed by atoms with Crippen LogP contribution in [0.15, 0.2) is 36.5 Å². The highest BCUT2D eigenvalue weighted by molar-refractivity contribution is 5.92. The van der Waals surface area contributed by atoms with E-state index in [4.69, 9.17) is 10.5 Å². The molecular formula is C13H16N4O2. The molecule has 1 amide bonds. The highest BCUT2D eigenvalue weighted by atomic mass is 16.5. The minimum atomic E-state index is -0.185. The first-order valence-electron chi connectivity index (χ1n) is 5.99. The van der Waals surface area contributed by atoms with Crippen molar-refractivity contribution in [3.8, 4) is 5.75 Å². The largest absolute Gasteiger partial charge is 0.492 e. The maximum Gasteiger partial charge on any atom is 0.246 e. The second-order valence-corrected chi connectivity index (χ2v) is 3.92. The van der Waals surface area contributed by atoms with Gasteiger partial charge in [0.15, 0.2) is 0 Å². The van der Waals surface area contributed by atoms with Crippen LogP contribution in [0.3, 0.4) is 0 Å². The van der Waals surface area contributed by atoms with Gasteiger partial charge in [-0.3, -0.25) is 9.48 Å². The number of ether oxygens (including phenoxy) is 1. The van der Waals surface area contributed by atoms with Crippen LogP contribution in [0.5, 0.6) is 5.75 Å². The van der Waals surface area contributed by atoms with Gasteiger partial charge in [0.1, 0.15) is 18.1 Å². The Labute approximate surface area is 111 Å². The topological polar surface area (TPSA) is 82.2 Å². The van der Waals surface area contributed by atoms with E-state index in [1.165, 1.54) is 4.68 Å². The van der Waals surface area contributed by atoms with E-state index in [0.29, 0.717) is 23.9 Å². The number of rotatable bonds is 5. The second-order valence-electron chi connectivity index (χ2n) is 3.92. The average Bonchev–Trinajstić information content (AvgIpc) is 2.77. The summed E-state index contributed by atoms with van der Waals surface area (Å²) in [7, 11) is 0. The molecule has 0 bridgehead atoms. The molecule has 19 heavy (non-hydrogen) atoms. The van der Waals surface area contributed by atoms with E-state index >= 15 is 0 Å². The molecule has 6 nitrogen and oxygen atoms in total. The van der Waals surface area contributed by atoms with Gasteiger partial charge in [0.05, 0.1) is 12.3 Å². The van der Waals surface area contributed by atoms with Gasteiger partial charge in [-0.2, -0.15) is 5.10 Å². The number of nitrogen functional groups attached to an aromatic ring is 1. The van der Waals surface area contributed by atoms with E-state index in [1.54, 1.807) is 18.3 Å². The zero-order valence-electron chi connectivity index (χ0n) is 10.7. The van der Waals surface area contributed by atoms with Gasteiger partial charge in [0.2, 0.25) is 5.91 Å². The summed E-state index contributed by atoms with van der Waals surface area (Å²) in [5.74, 6) is 0.857. The highest BCUT2D eigenvalue weighted by Crippen LogP contribution is 2.23. The molecule has 2 aromatic rings. The lowest BCUT2D eigenvalue weighted by molar-refractivity contribution is -0.116. The molecule has 3 N–H and O–H groups in total. The van der Waals surface area contributed by atoms with Crippen LogP contribution in [0.4, 0.5) is 11.5 Å². The summed E-state index contributed by atoms with van der Waals surface area (Å²) >= 11 is 0. The molecule has 0 radical (unpaired) electrons.